The standard InChI is InChI=1S/C19H26N8.ClH/c1-13(2)27-12-14(9-24-27)16-8-17-18(22-5-4-21-17)19(25-16)23-11-15-10-20-6-7-26(15)3;/h4-5,8-9,12-13,15,20H,6-7,10-11H2,1-3H3,(H,23,25);1H/t15-;/m0./s1. The molecule has 8 nitrogen and oxygen atoms in total. The quantitative estimate of drug-likeness (QED) is 0.676. The van der Waals surface area contributed by atoms with Crippen molar-refractivity contribution in [1.29, 1.82) is 0 Å². The first kappa shape index (κ1) is 20.4. The maximum atomic E-state index is 4.85. The molecule has 1 saturated heterocycles. The smallest absolute Gasteiger partial charge is 0.154 e. The van der Waals surface area contributed by atoms with Gasteiger partial charge in [0.25, 0.3) is 0 Å². The molecule has 1 atom stereocenters. The molecule has 1 aliphatic heterocycles. The van der Waals surface area contributed by atoms with Crippen LogP contribution in [0.2, 0.25) is 0 Å². The van der Waals surface area contributed by atoms with Gasteiger partial charge in [0.05, 0.1) is 17.4 Å². The summed E-state index contributed by atoms with van der Waals surface area (Å²) in [6.07, 6.45) is 7.30. The first-order valence-electron chi connectivity index (χ1n) is 9.43. The summed E-state index contributed by atoms with van der Waals surface area (Å²) in [5, 5.41) is 11.4. The van der Waals surface area contributed by atoms with Gasteiger partial charge in [-0.15, -0.1) is 12.4 Å². The molecule has 1 fully saturated rings. The van der Waals surface area contributed by atoms with Gasteiger partial charge in [0.15, 0.2) is 5.82 Å². The largest absolute Gasteiger partial charge is 0.367 e. The number of piperazine rings is 1. The summed E-state index contributed by atoms with van der Waals surface area (Å²) in [4.78, 5) is 16.2. The Bertz CT molecular complexity index is 925. The van der Waals surface area contributed by atoms with Gasteiger partial charge in [-0.25, -0.2) is 9.97 Å². The fourth-order valence-electron chi connectivity index (χ4n) is 3.30. The van der Waals surface area contributed by atoms with Gasteiger partial charge in [0.2, 0.25) is 0 Å². The molecule has 0 radical (unpaired) electrons. The summed E-state index contributed by atoms with van der Waals surface area (Å²) in [5.41, 5.74) is 3.46. The molecule has 3 aromatic rings. The van der Waals surface area contributed by atoms with E-state index in [2.05, 4.69) is 51.5 Å². The minimum absolute atomic E-state index is 0. The zero-order valence-electron chi connectivity index (χ0n) is 16.5. The van der Waals surface area contributed by atoms with Crippen LogP contribution in [0.15, 0.2) is 30.9 Å². The fourth-order valence-corrected chi connectivity index (χ4v) is 3.30. The Morgan fingerprint density at radius 2 is 2.11 bits per heavy atom. The summed E-state index contributed by atoms with van der Waals surface area (Å²) in [7, 11) is 2.16. The third-order valence-electron chi connectivity index (χ3n) is 5.03. The number of hydrogen-bond acceptors (Lipinski definition) is 7. The van der Waals surface area contributed by atoms with Crippen LogP contribution in [0.3, 0.4) is 0 Å². The van der Waals surface area contributed by atoms with Crippen LogP contribution >= 0.6 is 12.4 Å². The van der Waals surface area contributed by atoms with Crippen LogP contribution in [0, 0.1) is 0 Å². The van der Waals surface area contributed by atoms with Crippen LogP contribution in [0.25, 0.3) is 22.3 Å². The molecule has 0 unspecified atom stereocenters. The first-order chi connectivity index (χ1) is 13.1. The zero-order chi connectivity index (χ0) is 18.8. The molecular formula is C19H27ClN8. The highest BCUT2D eigenvalue weighted by Crippen LogP contribution is 2.25. The van der Waals surface area contributed by atoms with E-state index < -0.39 is 0 Å². The van der Waals surface area contributed by atoms with E-state index in [4.69, 9.17) is 4.98 Å². The number of halogens is 1. The number of likely N-dealkylation sites (N-methyl/N-ethyl adjacent to an activating group) is 1. The van der Waals surface area contributed by atoms with Crippen LogP contribution < -0.4 is 10.6 Å². The molecule has 2 N–H and O–H groups in total. The van der Waals surface area contributed by atoms with E-state index in [0.717, 1.165) is 54.3 Å². The first-order valence-corrected chi connectivity index (χ1v) is 9.43. The highest BCUT2D eigenvalue weighted by molar-refractivity contribution is 5.88. The topological polar surface area (TPSA) is 83.8 Å². The van der Waals surface area contributed by atoms with E-state index in [-0.39, 0.29) is 12.4 Å². The van der Waals surface area contributed by atoms with E-state index in [9.17, 15) is 0 Å². The van der Waals surface area contributed by atoms with E-state index in [0.29, 0.717) is 12.1 Å². The maximum absolute atomic E-state index is 4.85. The Morgan fingerprint density at radius 1 is 1.29 bits per heavy atom. The van der Waals surface area contributed by atoms with Crippen molar-refractivity contribution >= 4 is 29.3 Å². The highest BCUT2D eigenvalue weighted by Gasteiger charge is 2.19. The van der Waals surface area contributed by atoms with Crippen molar-refractivity contribution in [2.45, 2.75) is 25.9 Å². The summed E-state index contributed by atoms with van der Waals surface area (Å²) in [6, 6.07) is 2.70. The van der Waals surface area contributed by atoms with Crippen molar-refractivity contribution in [3.8, 4) is 11.3 Å². The van der Waals surface area contributed by atoms with Gasteiger partial charge in [0.1, 0.15) is 5.52 Å². The molecule has 1 aliphatic rings. The molecule has 0 aliphatic carbocycles. The summed E-state index contributed by atoms with van der Waals surface area (Å²) in [6.45, 7) is 8.07. The lowest BCUT2D eigenvalue weighted by Crippen LogP contribution is -2.52. The van der Waals surface area contributed by atoms with Crippen LogP contribution in [0.1, 0.15) is 19.9 Å². The van der Waals surface area contributed by atoms with Crippen LogP contribution in [0.5, 0.6) is 0 Å². The van der Waals surface area contributed by atoms with E-state index >= 15 is 0 Å². The second-order valence-electron chi connectivity index (χ2n) is 7.30. The Kier molecular flexibility index (Phi) is 6.43. The van der Waals surface area contributed by atoms with Gasteiger partial charge >= 0.3 is 0 Å². The maximum Gasteiger partial charge on any atom is 0.154 e. The van der Waals surface area contributed by atoms with Gasteiger partial charge in [-0.2, -0.15) is 5.10 Å². The lowest BCUT2D eigenvalue weighted by molar-refractivity contribution is 0.209. The molecule has 0 bridgehead atoms. The zero-order valence-corrected chi connectivity index (χ0v) is 17.3. The lowest BCUT2D eigenvalue weighted by atomic mass is 10.2. The number of fused-ring (bicyclic) bond motifs is 1. The SMILES string of the molecule is CC(C)n1cc(-c2cc3nccnc3c(NC[C@@H]3CNCCN3C)n2)cn1.Cl. The fraction of sp³-hybridized carbons (Fsp3) is 0.474. The predicted octanol–water partition coefficient (Wildman–Crippen LogP) is 2.21. The molecule has 0 aromatic carbocycles. The minimum atomic E-state index is 0. The number of pyridine rings is 1. The van der Waals surface area contributed by atoms with Crippen molar-refractivity contribution in [1.82, 2.24) is 34.9 Å². The molecule has 0 spiro atoms. The number of nitrogens with one attached hydrogen (secondary N) is 2. The van der Waals surface area contributed by atoms with Crippen molar-refractivity contribution in [2.75, 3.05) is 38.5 Å². The molecule has 9 heteroatoms. The van der Waals surface area contributed by atoms with Crippen LogP contribution in [-0.4, -0.2) is 68.9 Å². The number of rotatable bonds is 5. The Labute approximate surface area is 171 Å². The van der Waals surface area contributed by atoms with Gasteiger partial charge in [-0.05, 0) is 27.0 Å². The third-order valence-corrected chi connectivity index (χ3v) is 5.03. The highest BCUT2D eigenvalue weighted by atomic mass is 35.5. The van der Waals surface area contributed by atoms with E-state index in [1.807, 2.05) is 23.1 Å². The molecule has 4 rings (SSSR count). The van der Waals surface area contributed by atoms with Gasteiger partial charge in [-0.3, -0.25) is 14.6 Å². The summed E-state index contributed by atoms with van der Waals surface area (Å²) < 4.78 is 1.94. The number of anilines is 1. The molecular weight excluding hydrogens is 376 g/mol. The lowest BCUT2D eigenvalue weighted by Gasteiger charge is -2.33. The van der Waals surface area contributed by atoms with Crippen molar-refractivity contribution < 1.29 is 0 Å². The minimum Gasteiger partial charge on any atom is -0.367 e. The Hall–Kier alpha value is -2.29. The van der Waals surface area contributed by atoms with Gasteiger partial charge in [0, 0.05) is 62.4 Å². The molecule has 150 valence electrons. The average molecular weight is 403 g/mol. The second kappa shape index (κ2) is 8.81. The van der Waals surface area contributed by atoms with Gasteiger partial charge in [-0.1, -0.05) is 0 Å². The third kappa shape index (κ3) is 4.24. The Morgan fingerprint density at radius 3 is 2.86 bits per heavy atom. The molecule has 0 saturated carbocycles. The van der Waals surface area contributed by atoms with E-state index in [1.54, 1.807) is 12.4 Å². The average Bonchev–Trinajstić information content (AvgIpc) is 3.17. The molecule has 3 aromatic heterocycles. The Balaban J connectivity index is 0.00000225. The molecule has 0 amide bonds. The number of hydrogen-bond donors (Lipinski definition) is 2. The normalized spacial score (nSPS) is 17.6. The number of nitrogens with zero attached hydrogens (tertiary/aromatic N) is 6. The van der Waals surface area contributed by atoms with Crippen molar-refractivity contribution in [2.24, 2.45) is 0 Å². The molecule has 28 heavy (non-hydrogen) atoms. The predicted molar refractivity (Wildman–Crippen MR) is 114 cm³/mol. The van der Waals surface area contributed by atoms with E-state index in [1.165, 1.54) is 0 Å². The summed E-state index contributed by atoms with van der Waals surface area (Å²) >= 11 is 0. The van der Waals surface area contributed by atoms with Crippen molar-refractivity contribution in [3.05, 3.63) is 30.9 Å². The van der Waals surface area contributed by atoms with Crippen molar-refractivity contribution in [3.63, 3.8) is 0 Å². The monoisotopic (exact) mass is 402 g/mol. The second-order valence-corrected chi connectivity index (χ2v) is 7.30. The summed E-state index contributed by atoms with van der Waals surface area (Å²) in [5.74, 6) is 0.770. The molecule has 4 heterocycles. The van der Waals surface area contributed by atoms with Crippen LogP contribution in [-0.2, 0) is 0 Å². The van der Waals surface area contributed by atoms with Crippen LogP contribution in [0.4, 0.5) is 5.82 Å². The van der Waals surface area contributed by atoms with Gasteiger partial charge < -0.3 is 10.6 Å². The number of aromatic nitrogens is 5.